The molecule has 0 amide bonds. The summed E-state index contributed by atoms with van der Waals surface area (Å²) in [5.41, 5.74) is 1.54. The molecule has 3 rings (SSSR count). The van der Waals surface area contributed by atoms with Crippen molar-refractivity contribution in [3.63, 3.8) is 0 Å². The Morgan fingerprint density at radius 3 is 2.79 bits per heavy atom. The lowest BCUT2D eigenvalue weighted by atomic mass is 10.2. The zero-order valence-corrected chi connectivity index (χ0v) is 16.5. The summed E-state index contributed by atoms with van der Waals surface area (Å²) in [6, 6.07) is 14.6. The lowest BCUT2D eigenvalue weighted by Gasteiger charge is -2.10. The van der Waals surface area contributed by atoms with Crippen LogP contribution < -0.4 is 4.74 Å². The second-order valence-electron chi connectivity index (χ2n) is 5.69. The number of benzene rings is 2. The monoisotopic (exact) mass is 416 g/mol. The summed E-state index contributed by atoms with van der Waals surface area (Å²) in [5, 5.41) is 18.1. The van der Waals surface area contributed by atoms with Gasteiger partial charge >= 0.3 is 5.97 Å². The highest BCUT2D eigenvalue weighted by molar-refractivity contribution is 8.03. The molecule has 0 aliphatic rings. The predicted octanol–water partition coefficient (Wildman–Crippen LogP) is 5.08. The first-order chi connectivity index (χ1) is 13.5. The number of aromatic nitrogens is 2. The standard InChI is InChI=1S/C20H17ClN2O4S/c1-2-18-22-23-20(27-18)28-17(19(24)25)11-14-7-3-4-9-16(14)26-12-13-6-5-8-15(21)10-13/h3-11H,2,12H2,1H3,(H,24,25)/b17-11-. The first kappa shape index (κ1) is 20.0. The van der Waals surface area contributed by atoms with Gasteiger partial charge < -0.3 is 14.3 Å². The Kier molecular flexibility index (Phi) is 6.73. The quantitative estimate of drug-likeness (QED) is 0.404. The number of carboxylic acid groups (broad SMARTS) is 1. The molecule has 8 heteroatoms. The molecule has 1 heterocycles. The maximum atomic E-state index is 11.7. The Morgan fingerprint density at radius 2 is 2.07 bits per heavy atom. The van der Waals surface area contributed by atoms with Crippen LogP contribution in [0.15, 0.2) is 63.1 Å². The van der Waals surface area contributed by atoms with Gasteiger partial charge in [0.2, 0.25) is 5.89 Å². The lowest BCUT2D eigenvalue weighted by molar-refractivity contribution is -0.131. The third-order valence-corrected chi connectivity index (χ3v) is 4.73. The van der Waals surface area contributed by atoms with Crippen molar-refractivity contribution in [3.05, 3.63) is 75.5 Å². The third-order valence-electron chi connectivity index (χ3n) is 3.65. The fraction of sp³-hybridized carbons (Fsp3) is 0.150. The van der Waals surface area contributed by atoms with Gasteiger partial charge in [-0.3, -0.25) is 0 Å². The number of carbonyl (C=O) groups is 1. The van der Waals surface area contributed by atoms with Gasteiger partial charge in [0.25, 0.3) is 5.22 Å². The van der Waals surface area contributed by atoms with Crippen molar-refractivity contribution >= 4 is 35.4 Å². The number of nitrogens with zero attached hydrogens (tertiary/aromatic N) is 2. The van der Waals surface area contributed by atoms with E-state index in [1.165, 1.54) is 6.08 Å². The molecular weight excluding hydrogens is 400 g/mol. The van der Waals surface area contributed by atoms with Crippen LogP contribution in [0.2, 0.25) is 5.02 Å². The fourth-order valence-electron chi connectivity index (χ4n) is 2.31. The zero-order chi connectivity index (χ0) is 19.9. The molecule has 0 unspecified atom stereocenters. The van der Waals surface area contributed by atoms with Crippen molar-refractivity contribution in [2.45, 2.75) is 25.2 Å². The molecule has 0 radical (unpaired) electrons. The zero-order valence-electron chi connectivity index (χ0n) is 15.0. The molecule has 0 spiro atoms. The first-order valence-corrected chi connectivity index (χ1v) is 9.66. The van der Waals surface area contributed by atoms with Crippen LogP contribution in [0.25, 0.3) is 6.08 Å². The van der Waals surface area contributed by atoms with Crippen molar-refractivity contribution in [1.82, 2.24) is 10.2 Å². The van der Waals surface area contributed by atoms with Crippen LogP contribution in [-0.4, -0.2) is 21.3 Å². The molecule has 6 nitrogen and oxygen atoms in total. The van der Waals surface area contributed by atoms with Crippen molar-refractivity contribution in [1.29, 1.82) is 0 Å². The van der Waals surface area contributed by atoms with E-state index < -0.39 is 5.97 Å². The molecule has 0 fully saturated rings. The van der Waals surface area contributed by atoms with E-state index in [2.05, 4.69) is 10.2 Å². The van der Waals surface area contributed by atoms with Crippen LogP contribution in [0, 0.1) is 0 Å². The summed E-state index contributed by atoms with van der Waals surface area (Å²) >= 11 is 6.90. The van der Waals surface area contributed by atoms with E-state index in [4.69, 9.17) is 20.8 Å². The Hall–Kier alpha value is -2.77. The molecule has 2 aromatic carbocycles. The van der Waals surface area contributed by atoms with Gasteiger partial charge in [-0.15, -0.1) is 10.2 Å². The summed E-state index contributed by atoms with van der Waals surface area (Å²) in [4.78, 5) is 11.7. The Labute approximate surface area is 171 Å². The highest BCUT2D eigenvalue weighted by Crippen LogP contribution is 2.30. The Bertz CT molecular complexity index is 1000. The van der Waals surface area contributed by atoms with Crippen LogP contribution >= 0.6 is 23.4 Å². The van der Waals surface area contributed by atoms with E-state index in [9.17, 15) is 9.90 Å². The third kappa shape index (κ3) is 5.37. The maximum absolute atomic E-state index is 11.7. The van der Waals surface area contributed by atoms with Crippen LogP contribution in [0.4, 0.5) is 0 Å². The van der Waals surface area contributed by atoms with Crippen LogP contribution in [0.1, 0.15) is 23.9 Å². The topological polar surface area (TPSA) is 85.5 Å². The van der Waals surface area contributed by atoms with Gasteiger partial charge in [0.15, 0.2) is 0 Å². The van der Waals surface area contributed by atoms with Crippen molar-refractivity contribution in [2.24, 2.45) is 0 Å². The van der Waals surface area contributed by atoms with E-state index in [1.807, 2.05) is 37.3 Å². The molecule has 0 saturated heterocycles. The normalized spacial score (nSPS) is 11.4. The molecular formula is C20H17ClN2O4S. The summed E-state index contributed by atoms with van der Waals surface area (Å²) in [6.45, 7) is 2.19. The number of para-hydroxylation sites is 1. The van der Waals surface area contributed by atoms with Gasteiger partial charge in [-0.2, -0.15) is 0 Å². The second-order valence-corrected chi connectivity index (χ2v) is 7.12. The maximum Gasteiger partial charge on any atom is 0.342 e. The number of carboxylic acids is 1. The van der Waals surface area contributed by atoms with E-state index in [1.54, 1.807) is 18.2 Å². The van der Waals surface area contributed by atoms with Gasteiger partial charge in [0.1, 0.15) is 17.3 Å². The summed E-state index contributed by atoms with van der Waals surface area (Å²) in [5.74, 6) is -0.0787. The van der Waals surface area contributed by atoms with E-state index >= 15 is 0 Å². The molecule has 0 bridgehead atoms. The molecule has 1 aromatic heterocycles. The minimum atomic E-state index is -1.09. The molecule has 1 N–H and O–H groups in total. The first-order valence-electron chi connectivity index (χ1n) is 8.46. The van der Waals surface area contributed by atoms with Gasteiger partial charge in [0.05, 0.1) is 0 Å². The number of ether oxygens (including phenoxy) is 1. The smallest absolute Gasteiger partial charge is 0.342 e. The van der Waals surface area contributed by atoms with Gasteiger partial charge in [-0.25, -0.2) is 4.79 Å². The molecule has 144 valence electrons. The molecule has 3 aromatic rings. The SMILES string of the molecule is CCc1nnc(S/C(=C\c2ccccc2OCc2cccc(Cl)c2)C(=O)O)o1. The molecule has 0 aliphatic heterocycles. The second kappa shape index (κ2) is 9.43. The van der Waals surface area contributed by atoms with Crippen LogP contribution in [0.5, 0.6) is 5.75 Å². The van der Waals surface area contributed by atoms with Crippen molar-refractivity contribution in [3.8, 4) is 5.75 Å². The number of rotatable bonds is 8. The Balaban J connectivity index is 1.81. The van der Waals surface area contributed by atoms with Gasteiger partial charge in [-0.1, -0.05) is 48.9 Å². The number of hydrogen-bond acceptors (Lipinski definition) is 6. The number of thioether (sulfide) groups is 1. The van der Waals surface area contributed by atoms with E-state index in [0.717, 1.165) is 17.3 Å². The predicted molar refractivity (Wildman–Crippen MR) is 107 cm³/mol. The van der Waals surface area contributed by atoms with Gasteiger partial charge in [0, 0.05) is 17.0 Å². The van der Waals surface area contributed by atoms with E-state index in [0.29, 0.717) is 35.3 Å². The van der Waals surface area contributed by atoms with Crippen molar-refractivity contribution < 1.29 is 19.1 Å². The lowest BCUT2D eigenvalue weighted by Crippen LogP contribution is -1.99. The largest absolute Gasteiger partial charge is 0.488 e. The molecule has 0 saturated carbocycles. The Morgan fingerprint density at radius 1 is 1.25 bits per heavy atom. The van der Waals surface area contributed by atoms with Gasteiger partial charge in [-0.05, 0) is 41.6 Å². The summed E-state index contributed by atoms with van der Waals surface area (Å²) in [7, 11) is 0. The molecule has 0 atom stereocenters. The summed E-state index contributed by atoms with van der Waals surface area (Å²) < 4.78 is 11.3. The minimum absolute atomic E-state index is 0.0464. The molecule has 28 heavy (non-hydrogen) atoms. The highest BCUT2D eigenvalue weighted by Gasteiger charge is 2.16. The highest BCUT2D eigenvalue weighted by atomic mass is 35.5. The number of hydrogen-bond donors (Lipinski definition) is 1. The minimum Gasteiger partial charge on any atom is -0.488 e. The van der Waals surface area contributed by atoms with Crippen LogP contribution in [-0.2, 0) is 17.8 Å². The fourth-order valence-corrected chi connectivity index (χ4v) is 3.21. The van der Waals surface area contributed by atoms with Crippen molar-refractivity contribution in [2.75, 3.05) is 0 Å². The average molecular weight is 417 g/mol. The average Bonchev–Trinajstić information content (AvgIpc) is 3.14. The van der Waals surface area contributed by atoms with E-state index in [-0.39, 0.29) is 10.1 Å². The number of aryl methyl sites for hydroxylation is 1. The molecule has 0 aliphatic carbocycles. The van der Waals surface area contributed by atoms with Crippen LogP contribution in [0.3, 0.4) is 0 Å². The number of halogens is 1. The summed E-state index contributed by atoms with van der Waals surface area (Å²) in [6.07, 6.45) is 2.11. The number of aliphatic carboxylic acids is 1.